The van der Waals surface area contributed by atoms with Crippen molar-refractivity contribution in [3.05, 3.63) is 17.3 Å². The highest BCUT2D eigenvalue weighted by atomic mass is 32.2. The summed E-state index contributed by atoms with van der Waals surface area (Å²) in [5.41, 5.74) is 5.86. The Morgan fingerprint density at radius 3 is 2.94 bits per heavy atom. The minimum absolute atomic E-state index is 0.166. The van der Waals surface area contributed by atoms with E-state index in [1.165, 1.54) is 0 Å². The van der Waals surface area contributed by atoms with Crippen LogP contribution in [0.1, 0.15) is 19.7 Å². The zero-order valence-electron chi connectivity index (χ0n) is 9.75. The minimum atomic E-state index is -0.331. The molecule has 0 aliphatic carbocycles. The fourth-order valence-corrected chi connectivity index (χ4v) is 2.94. The third-order valence-electron chi connectivity index (χ3n) is 2.56. The molecule has 0 radical (unpaired) electrons. The van der Waals surface area contributed by atoms with Gasteiger partial charge in [-0.2, -0.15) is 0 Å². The molecular weight excluding hydrogens is 254 g/mol. The van der Waals surface area contributed by atoms with E-state index in [4.69, 9.17) is 5.73 Å². The molecule has 4 nitrogen and oxygen atoms in total. The molecule has 17 heavy (non-hydrogen) atoms. The smallest absolute Gasteiger partial charge is 0.142 e. The Morgan fingerprint density at radius 1 is 1.47 bits per heavy atom. The van der Waals surface area contributed by atoms with Crippen molar-refractivity contribution in [3.8, 4) is 0 Å². The molecule has 2 rings (SSSR count). The number of aromatic nitrogens is 2. The Kier molecular flexibility index (Phi) is 3.86. The molecule has 0 spiro atoms. The standard InChI is InChI=1S/C11H15N3OS2/c1-6(15)7(2)17-5-9-13-10(12)8-3-4-16-11(8)14-9/h3-4,6-7,15H,5H2,1-2H3,(H2,12,13,14). The van der Waals surface area contributed by atoms with Crippen molar-refractivity contribution in [1.82, 2.24) is 9.97 Å². The molecule has 2 aromatic rings. The van der Waals surface area contributed by atoms with Gasteiger partial charge in [-0.05, 0) is 18.4 Å². The molecule has 0 saturated heterocycles. The van der Waals surface area contributed by atoms with Crippen molar-refractivity contribution in [2.45, 2.75) is 31.0 Å². The van der Waals surface area contributed by atoms with Crippen LogP contribution >= 0.6 is 23.1 Å². The monoisotopic (exact) mass is 269 g/mol. The van der Waals surface area contributed by atoms with Crippen LogP contribution < -0.4 is 5.73 Å². The quantitative estimate of drug-likeness (QED) is 0.891. The summed E-state index contributed by atoms with van der Waals surface area (Å²) in [5.74, 6) is 1.94. The summed E-state index contributed by atoms with van der Waals surface area (Å²) in [4.78, 5) is 9.66. The van der Waals surface area contributed by atoms with Gasteiger partial charge in [0, 0.05) is 5.25 Å². The van der Waals surface area contributed by atoms with Gasteiger partial charge in [-0.3, -0.25) is 0 Å². The van der Waals surface area contributed by atoms with Gasteiger partial charge in [-0.1, -0.05) is 6.92 Å². The highest BCUT2D eigenvalue weighted by Crippen LogP contribution is 2.25. The van der Waals surface area contributed by atoms with E-state index in [-0.39, 0.29) is 11.4 Å². The third kappa shape index (κ3) is 2.88. The van der Waals surface area contributed by atoms with E-state index in [1.54, 1.807) is 30.0 Å². The normalized spacial score (nSPS) is 15.0. The maximum atomic E-state index is 9.41. The summed E-state index contributed by atoms with van der Waals surface area (Å²) in [6, 6.07) is 1.94. The summed E-state index contributed by atoms with van der Waals surface area (Å²) in [6.45, 7) is 3.78. The SMILES string of the molecule is CC(O)C(C)SCc1nc(N)c2ccsc2n1. The highest BCUT2D eigenvalue weighted by Gasteiger charge is 2.11. The second-order valence-electron chi connectivity index (χ2n) is 3.92. The lowest BCUT2D eigenvalue weighted by molar-refractivity contribution is 0.196. The van der Waals surface area contributed by atoms with Crippen molar-refractivity contribution in [1.29, 1.82) is 0 Å². The Hall–Kier alpha value is -0.850. The Labute approximate surface area is 108 Å². The molecule has 0 amide bonds. The maximum absolute atomic E-state index is 9.41. The number of nitrogens with two attached hydrogens (primary N) is 1. The van der Waals surface area contributed by atoms with Crippen molar-refractivity contribution in [2.75, 3.05) is 5.73 Å². The van der Waals surface area contributed by atoms with Crippen molar-refractivity contribution in [2.24, 2.45) is 0 Å². The number of aliphatic hydroxyl groups is 1. The molecule has 0 aliphatic heterocycles. The zero-order chi connectivity index (χ0) is 12.4. The number of nitrogens with zero attached hydrogens (tertiary/aromatic N) is 2. The average Bonchev–Trinajstić information content (AvgIpc) is 2.74. The van der Waals surface area contributed by atoms with Crippen LogP contribution in [0, 0.1) is 0 Å². The van der Waals surface area contributed by atoms with E-state index < -0.39 is 0 Å². The Morgan fingerprint density at radius 2 is 2.24 bits per heavy atom. The molecule has 2 atom stereocenters. The Bertz CT molecular complexity index is 512. The number of aliphatic hydroxyl groups excluding tert-OH is 1. The fourth-order valence-electron chi connectivity index (χ4n) is 1.33. The molecular formula is C11H15N3OS2. The molecule has 0 saturated carbocycles. The average molecular weight is 269 g/mol. The minimum Gasteiger partial charge on any atom is -0.392 e. The molecule has 0 bridgehead atoms. The first-order chi connectivity index (χ1) is 8.08. The number of thioether (sulfide) groups is 1. The first-order valence-electron chi connectivity index (χ1n) is 5.37. The number of hydrogen-bond donors (Lipinski definition) is 2. The van der Waals surface area contributed by atoms with Crippen molar-refractivity contribution < 1.29 is 5.11 Å². The van der Waals surface area contributed by atoms with Crippen LogP contribution in [0.5, 0.6) is 0 Å². The van der Waals surface area contributed by atoms with Crippen LogP contribution in [0.3, 0.4) is 0 Å². The lowest BCUT2D eigenvalue weighted by atomic mass is 10.3. The Balaban J connectivity index is 2.13. The zero-order valence-corrected chi connectivity index (χ0v) is 11.4. The summed E-state index contributed by atoms with van der Waals surface area (Å²) in [7, 11) is 0. The second kappa shape index (κ2) is 5.20. The van der Waals surface area contributed by atoms with Crippen LogP contribution in [0.2, 0.25) is 0 Å². The van der Waals surface area contributed by atoms with Gasteiger partial charge < -0.3 is 10.8 Å². The molecule has 2 aromatic heterocycles. The van der Waals surface area contributed by atoms with Gasteiger partial charge in [0.1, 0.15) is 16.5 Å². The number of nitrogen functional groups attached to an aromatic ring is 1. The summed E-state index contributed by atoms with van der Waals surface area (Å²) >= 11 is 3.20. The third-order valence-corrected chi connectivity index (χ3v) is 4.71. The number of thiophene rings is 1. The van der Waals surface area contributed by atoms with Gasteiger partial charge in [-0.15, -0.1) is 23.1 Å². The van der Waals surface area contributed by atoms with Gasteiger partial charge in [0.25, 0.3) is 0 Å². The van der Waals surface area contributed by atoms with Gasteiger partial charge in [0.15, 0.2) is 0 Å². The van der Waals surface area contributed by atoms with Crippen LogP contribution in [-0.2, 0) is 5.75 Å². The molecule has 2 heterocycles. The van der Waals surface area contributed by atoms with E-state index in [0.717, 1.165) is 16.0 Å². The van der Waals surface area contributed by atoms with E-state index >= 15 is 0 Å². The summed E-state index contributed by atoms with van der Waals surface area (Å²) in [5, 5.41) is 12.5. The van der Waals surface area contributed by atoms with Crippen molar-refractivity contribution >= 4 is 39.1 Å². The number of rotatable bonds is 4. The molecule has 3 N–H and O–H groups in total. The maximum Gasteiger partial charge on any atom is 0.142 e. The molecule has 6 heteroatoms. The van der Waals surface area contributed by atoms with Gasteiger partial charge in [0.05, 0.1) is 17.2 Å². The van der Waals surface area contributed by atoms with Crippen LogP contribution in [-0.4, -0.2) is 26.4 Å². The first-order valence-corrected chi connectivity index (χ1v) is 7.30. The number of fused-ring (bicyclic) bond motifs is 1. The first kappa shape index (κ1) is 12.6. The lowest BCUT2D eigenvalue weighted by Gasteiger charge is -2.13. The molecule has 0 aliphatic rings. The van der Waals surface area contributed by atoms with E-state index in [9.17, 15) is 5.11 Å². The van der Waals surface area contributed by atoms with E-state index in [0.29, 0.717) is 11.6 Å². The second-order valence-corrected chi connectivity index (χ2v) is 6.18. The topological polar surface area (TPSA) is 72.0 Å². The fraction of sp³-hybridized carbons (Fsp3) is 0.455. The largest absolute Gasteiger partial charge is 0.392 e. The summed E-state index contributed by atoms with van der Waals surface area (Å²) < 4.78 is 0. The van der Waals surface area contributed by atoms with Crippen molar-refractivity contribution in [3.63, 3.8) is 0 Å². The van der Waals surface area contributed by atoms with E-state index in [1.807, 2.05) is 18.4 Å². The van der Waals surface area contributed by atoms with E-state index in [2.05, 4.69) is 9.97 Å². The molecule has 92 valence electrons. The van der Waals surface area contributed by atoms with Gasteiger partial charge in [-0.25, -0.2) is 9.97 Å². The summed E-state index contributed by atoms with van der Waals surface area (Å²) in [6.07, 6.45) is -0.331. The van der Waals surface area contributed by atoms with Gasteiger partial charge in [0.2, 0.25) is 0 Å². The highest BCUT2D eigenvalue weighted by molar-refractivity contribution is 7.99. The van der Waals surface area contributed by atoms with Crippen LogP contribution in [0.25, 0.3) is 10.2 Å². The lowest BCUT2D eigenvalue weighted by Crippen LogP contribution is -2.15. The predicted molar refractivity (Wildman–Crippen MR) is 74.3 cm³/mol. The molecule has 0 fully saturated rings. The van der Waals surface area contributed by atoms with Crippen LogP contribution in [0.4, 0.5) is 5.82 Å². The molecule has 2 unspecified atom stereocenters. The van der Waals surface area contributed by atoms with Gasteiger partial charge >= 0.3 is 0 Å². The molecule has 0 aromatic carbocycles. The van der Waals surface area contributed by atoms with Crippen LogP contribution in [0.15, 0.2) is 11.4 Å². The number of anilines is 1. The number of hydrogen-bond acceptors (Lipinski definition) is 6. The predicted octanol–water partition coefficient (Wildman–Crippen LogP) is 2.28.